The van der Waals surface area contributed by atoms with Crippen molar-refractivity contribution in [3.05, 3.63) is 28.4 Å². The Morgan fingerprint density at radius 2 is 2.43 bits per heavy atom. The van der Waals surface area contributed by atoms with Crippen LogP contribution in [0.25, 0.3) is 0 Å². The number of rotatable bonds is 4. The molecule has 0 saturated heterocycles. The van der Waals surface area contributed by atoms with Crippen LogP contribution < -0.4 is 5.32 Å². The fourth-order valence-electron chi connectivity index (χ4n) is 0.910. The van der Waals surface area contributed by atoms with Gasteiger partial charge in [0.2, 0.25) is 0 Å². The van der Waals surface area contributed by atoms with Crippen LogP contribution in [0.1, 0.15) is 6.92 Å². The monoisotopic (exact) mass is 197 g/mol. The second-order valence-corrected chi connectivity index (χ2v) is 2.89. The number of nitrogens with one attached hydrogen (secondary N) is 1. The third kappa shape index (κ3) is 2.67. The van der Waals surface area contributed by atoms with Crippen LogP contribution in [-0.4, -0.2) is 27.7 Å². The first-order valence-electron chi connectivity index (χ1n) is 4.11. The molecule has 1 atom stereocenters. The van der Waals surface area contributed by atoms with Gasteiger partial charge in [-0.25, -0.2) is 0 Å². The Morgan fingerprint density at radius 3 is 2.86 bits per heavy atom. The van der Waals surface area contributed by atoms with Crippen molar-refractivity contribution in [1.82, 2.24) is 4.98 Å². The molecule has 14 heavy (non-hydrogen) atoms. The van der Waals surface area contributed by atoms with Crippen LogP contribution in [0.4, 0.5) is 11.5 Å². The van der Waals surface area contributed by atoms with Gasteiger partial charge in [0.15, 0.2) is 6.20 Å². The minimum atomic E-state index is -0.556. The largest absolute Gasteiger partial charge is 0.394 e. The Kier molecular flexibility index (Phi) is 3.35. The van der Waals surface area contributed by atoms with Crippen LogP contribution in [0.2, 0.25) is 0 Å². The second kappa shape index (κ2) is 4.52. The van der Waals surface area contributed by atoms with E-state index in [2.05, 4.69) is 10.3 Å². The average Bonchev–Trinajstić information content (AvgIpc) is 2.18. The predicted octanol–water partition coefficient (Wildman–Crippen LogP) is 0.782. The van der Waals surface area contributed by atoms with Crippen molar-refractivity contribution in [2.24, 2.45) is 0 Å². The van der Waals surface area contributed by atoms with Crippen LogP contribution >= 0.6 is 0 Å². The summed E-state index contributed by atoms with van der Waals surface area (Å²) in [5, 5.41) is 21.9. The van der Waals surface area contributed by atoms with E-state index in [1.807, 2.05) is 0 Å². The summed E-state index contributed by atoms with van der Waals surface area (Å²) in [6.07, 6.45) is 1.37. The lowest BCUT2D eigenvalue weighted by Gasteiger charge is -2.09. The summed E-state index contributed by atoms with van der Waals surface area (Å²) in [6, 6.07) is 2.77. The van der Waals surface area contributed by atoms with Gasteiger partial charge in [-0.15, -0.1) is 0 Å². The highest BCUT2D eigenvalue weighted by Gasteiger charge is 2.07. The first kappa shape index (κ1) is 10.4. The maximum absolute atomic E-state index is 10.3. The third-order valence-corrected chi connectivity index (χ3v) is 1.62. The molecule has 0 aliphatic heterocycles. The zero-order valence-electron chi connectivity index (χ0n) is 7.67. The van der Waals surface area contributed by atoms with E-state index in [-0.39, 0.29) is 18.5 Å². The Labute approximate surface area is 80.7 Å². The second-order valence-electron chi connectivity index (χ2n) is 2.89. The fourth-order valence-corrected chi connectivity index (χ4v) is 0.910. The number of anilines is 1. The molecule has 0 aromatic carbocycles. The number of aliphatic hydroxyl groups is 1. The normalized spacial score (nSPS) is 12.1. The van der Waals surface area contributed by atoms with Crippen molar-refractivity contribution >= 4 is 11.5 Å². The minimum Gasteiger partial charge on any atom is -0.394 e. The lowest BCUT2D eigenvalue weighted by Crippen LogP contribution is -2.19. The summed E-state index contributed by atoms with van der Waals surface area (Å²) >= 11 is 0. The van der Waals surface area contributed by atoms with Crippen molar-refractivity contribution in [3.8, 4) is 0 Å². The highest BCUT2D eigenvalue weighted by molar-refractivity contribution is 5.44. The SMILES string of the molecule is C[C@@H](CO)Nc1ccc([N+](=O)[O-])nc1. The minimum absolute atomic E-state index is 0.00299. The van der Waals surface area contributed by atoms with Crippen molar-refractivity contribution in [1.29, 1.82) is 0 Å². The number of nitrogens with zero attached hydrogens (tertiary/aromatic N) is 2. The van der Waals surface area contributed by atoms with E-state index in [4.69, 9.17) is 5.11 Å². The molecule has 2 N–H and O–H groups in total. The molecular formula is C8H11N3O3. The van der Waals surface area contributed by atoms with E-state index in [0.29, 0.717) is 5.69 Å². The zero-order valence-corrected chi connectivity index (χ0v) is 7.67. The Bertz CT molecular complexity index is 312. The van der Waals surface area contributed by atoms with Gasteiger partial charge in [-0.3, -0.25) is 0 Å². The van der Waals surface area contributed by atoms with Gasteiger partial charge in [-0.2, -0.15) is 0 Å². The predicted molar refractivity (Wildman–Crippen MR) is 51.1 cm³/mol. The first-order chi connectivity index (χ1) is 6.63. The van der Waals surface area contributed by atoms with Crippen LogP contribution in [0.5, 0.6) is 0 Å². The summed E-state index contributed by atoms with van der Waals surface area (Å²) in [7, 11) is 0. The van der Waals surface area contributed by atoms with Gasteiger partial charge >= 0.3 is 5.82 Å². The van der Waals surface area contributed by atoms with Crippen LogP contribution in [0, 0.1) is 10.1 Å². The van der Waals surface area contributed by atoms with Crippen molar-refractivity contribution < 1.29 is 10.0 Å². The maximum atomic E-state index is 10.3. The van der Waals surface area contributed by atoms with E-state index >= 15 is 0 Å². The number of nitro groups is 1. The quantitative estimate of drug-likeness (QED) is 0.550. The molecule has 76 valence electrons. The number of aliphatic hydroxyl groups excluding tert-OH is 1. The third-order valence-electron chi connectivity index (χ3n) is 1.62. The van der Waals surface area contributed by atoms with E-state index in [1.165, 1.54) is 12.3 Å². The molecule has 0 amide bonds. The van der Waals surface area contributed by atoms with Crippen LogP contribution in [0.3, 0.4) is 0 Å². The van der Waals surface area contributed by atoms with Gasteiger partial charge in [0.1, 0.15) is 0 Å². The molecule has 1 aromatic heterocycles. The highest BCUT2D eigenvalue weighted by Crippen LogP contribution is 2.11. The number of hydrogen-bond acceptors (Lipinski definition) is 5. The summed E-state index contributed by atoms with van der Waals surface area (Å²) in [4.78, 5) is 13.3. The standard InChI is InChI=1S/C8H11N3O3/c1-6(5-12)10-7-2-3-8(9-4-7)11(13)14/h2-4,6,10,12H,5H2,1H3/t6-/m0/s1. The molecule has 0 radical (unpaired) electrons. The molecule has 6 heteroatoms. The van der Waals surface area contributed by atoms with Gasteiger partial charge < -0.3 is 20.5 Å². The van der Waals surface area contributed by atoms with Crippen molar-refractivity contribution in [2.45, 2.75) is 13.0 Å². The Morgan fingerprint density at radius 1 is 1.71 bits per heavy atom. The molecule has 0 unspecified atom stereocenters. The number of hydrogen-bond donors (Lipinski definition) is 2. The van der Waals surface area contributed by atoms with Gasteiger partial charge in [-0.05, 0) is 22.9 Å². The van der Waals surface area contributed by atoms with Gasteiger partial charge in [0, 0.05) is 12.1 Å². The molecule has 0 aliphatic rings. The first-order valence-corrected chi connectivity index (χ1v) is 4.11. The summed E-state index contributed by atoms with van der Waals surface area (Å²) in [6.45, 7) is 1.79. The van der Waals surface area contributed by atoms with Gasteiger partial charge in [-0.1, -0.05) is 0 Å². The molecule has 0 fully saturated rings. The van der Waals surface area contributed by atoms with E-state index in [0.717, 1.165) is 0 Å². The summed E-state index contributed by atoms with van der Waals surface area (Å²) in [5.74, 6) is -0.188. The lowest BCUT2D eigenvalue weighted by atomic mass is 10.3. The number of pyridine rings is 1. The van der Waals surface area contributed by atoms with Crippen molar-refractivity contribution in [3.63, 3.8) is 0 Å². The molecule has 0 saturated carbocycles. The molecule has 1 rings (SSSR count). The topological polar surface area (TPSA) is 88.3 Å². The molecule has 6 nitrogen and oxygen atoms in total. The molecule has 0 aliphatic carbocycles. The molecule has 1 aromatic rings. The van der Waals surface area contributed by atoms with E-state index in [9.17, 15) is 10.1 Å². The van der Waals surface area contributed by atoms with Gasteiger partial charge in [0.25, 0.3) is 0 Å². The fraction of sp³-hybridized carbons (Fsp3) is 0.375. The molecule has 1 heterocycles. The van der Waals surface area contributed by atoms with Crippen LogP contribution in [0.15, 0.2) is 18.3 Å². The zero-order chi connectivity index (χ0) is 10.6. The average molecular weight is 197 g/mol. The molecule has 0 spiro atoms. The number of aromatic nitrogens is 1. The summed E-state index contributed by atoms with van der Waals surface area (Å²) < 4.78 is 0. The highest BCUT2D eigenvalue weighted by atomic mass is 16.6. The Hall–Kier alpha value is -1.69. The van der Waals surface area contributed by atoms with Gasteiger partial charge in [0.05, 0.1) is 12.3 Å². The maximum Gasteiger partial charge on any atom is 0.363 e. The lowest BCUT2D eigenvalue weighted by molar-refractivity contribution is -0.389. The van der Waals surface area contributed by atoms with Crippen LogP contribution in [-0.2, 0) is 0 Å². The van der Waals surface area contributed by atoms with Crippen molar-refractivity contribution in [2.75, 3.05) is 11.9 Å². The molecular weight excluding hydrogens is 186 g/mol. The van der Waals surface area contributed by atoms with E-state index < -0.39 is 4.92 Å². The van der Waals surface area contributed by atoms with E-state index in [1.54, 1.807) is 13.0 Å². The molecule has 0 bridgehead atoms. The Balaban J connectivity index is 2.68. The summed E-state index contributed by atoms with van der Waals surface area (Å²) in [5.41, 5.74) is 0.650. The smallest absolute Gasteiger partial charge is 0.363 e.